The van der Waals surface area contributed by atoms with Crippen molar-refractivity contribution in [2.75, 3.05) is 31.6 Å². The van der Waals surface area contributed by atoms with Crippen molar-refractivity contribution in [3.8, 4) is 0 Å². The minimum absolute atomic E-state index is 0.0441. The summed E-state index contributed by atoms with van der Waals surface area (Å²) < 4.78 is 0. The number of rotatable bonds is 6. The van der Waals surface area contributed by atoms with E-state index in [0.717, 1.165) is 25.9 Å². The van der Waals surface area contributed by atoms with Crippen LogP contribution in [0, 0.1) is 0 Å². The van der Waals surface area contributed by atoms with Gasteiger partial charge in [0.2, 0.25) is 11.8 Å². The average Bonchev–Trinajstić information content (AvgIpc) is 2.37. The third kappa shape index (κ3) is 6.29. The number of nitrogens with zero attached hydrogens (tertiary/aromatic N) is 1. The molecule has 0 spiro atoms. The van der Waals surface area contributed by atoms with Crippen molar-refractivity contribution >= 4 is 23.6 Å². The van der Waals surface area contributed by atoms with E-state index < -0.39 is 0 Å². The van der Waals surface area contributed by atoms with Crippen LogP contribution in [0.15, 0.2) is 0 Å². The summed E-state index contributed by atoms with van der Waals surface area (Å²) in [6, 6.07) is 0.525. The zero-order valence-corrected chi connectivity index (χ0v) is 12.9. The van der Waals surface area contributed by atoms with Crippen molar-refractivity contribution in [3.05, 3.63) is 0 Å². The summed E-state index contributed by atoms with van der Waals surface area (Å²) in [6.45, 7) is 5.90. The van der Waals surface area contributed by atoms with Crippen LogP contribution in [-0.2, 0) is 9.59 Å². The van der Waals surface area contributed by atoms with E-state index in [2.05, 4.69) is 10.6 Å². The van der Waals surface area contributed by atoms with Crippen LogP contribution in [0.3, 0.4) is 0 Å². The lowest BCUT2D eigenvalue weighted by molar-refractivity contribution is -0.129. The minimum Gasteiger partial charge on any atom is -0.352 e. The fourth-order valence-corrected chi connectivity index (χ4v) is 2.49. The van der Waals surface area contributed by atoms with Crippen molar-refractivity contribution in [2.45, 2.75) is 38.8 Å². The largest absolute Gasteiger partial charge is 0.352 e. The average molecular weight is 287 g/mol. The van der Waals surface area contributed by atoms with E-state index in [0.29, 0.717) is 18.3 Å². The zero-order valence-electron chi connectivity index (χ0n) is 12.1. The van der Waals surface area contributed by atoms with Gasteiger partial charge in [0.15, 0.2) is 0 Å². The molecule has 0 aromatic carbocycles. The van der Waals surface area contributed by atoms with E-state index in [4.69, 9.17) is 0 Å². The van der Waals surface area contributed by atoms with Crippen molar-refractivity contribution < 1.29 is 9.59 Å². The lowest BCUT2D eigenvalue weighted by atomic mass is 10.1. The van der Waals surface area contributed by atoms with Crippen molar-refractivity contribution in [2.24, 2.45) is 0 Å². The molecule has 6 heteroatoms. The first-order chi connectivity index (χ1) is 9.02. The number of hydrogen-bond donors (Lipinski definition) is 2. The molecular formula is C13H25N3O2S. The summed E-state index contributed by atoms with van der Waals surface area (Å²) >= 11 is 1.55. The summed E-state index contributed by atoms with van der Waals surface area (Å²) in [7, 11) is 0. The summed E-state index contributed by atoms with van der Waals surface area (Å²) in [5, 5.41) is 6.12. The molecule has 0 unspecified atom stereocenters. The molecule has 1 aliphatic heterocycles. The van der Waals surface area contributed by atoms with Crippen LogP contribution in [0.4, 0.5) is 0 Å². The van der Waals surface area contributed by atoms with Gasteiger partial charge in [-0.2, -0.15) is 11.8 Å². The maximum Gasteiger partial charge on any atom is 0.234 e. The number of piperidine rings is 1. The molecule has 0 atom stereocenters. The molecule has 0 aromatic rings. The maximum absolute atomic E-state index is 11.7. The molecule has 0 aliphatic carbocycles. The first kappa shape index (κ1) is 16.3. The van der Waals surface area contributed by atoms with Crippen LogP contribution in [0.5, 0.6) is 0 Å². The summed E-state index contributed by atoms with van der Waals surface area (Å²) in [4.78, 5) is 25.3. The SMILES string of the molecule is CSCC(=O)N1CCC(NC(=O)CNC(C)C)CC1. The van der Waals surface area contributed by atoms with Gasteiger partial charge in [-0.1, -0.05) is 13.8 Å². The Kier molecular flexibility index (Phi) is 7.23. The number of hydrogen-bond acceptors (Lipinski definition) is 4. The molecular weight excluding hydrogens is 262 g/mol. The Hall–Kier alpha value is -0.750. The second-order valence-corrected chi connectivity index (χ2v) is 6.06. The predicted octanol–water partition coefficient (Wildman–Crippen LogP) is 0.455. The maximum atomic E-state index is 11.7. The van der Waals surface area contributed by atoms with E-state index in [1.807, 2.05) is 25.0 Å². The molecule has 0 radical (unpaired) electrons. The number of thioether (sulfide) groups is 1. The van der Waals surface area contributed by atoms with E-state index in [1.54, 1.807) is 11.8 Å². The van der Waals surface area contributed by atoms with Gasteiger partial charge < -0.3 is 15.5 Å². The summed E-state index contributed by atoms with van der Waals surface area (Å²) in [5.41, 5.74) is 0. The van der Waals surface area contributed by atoms with Crippen LogP contribution in [-0.4, -0.2) is 60.4 Å². The molecule has 2 N–H and O–H groups in total. The number of carbonyl (C=O) groups is 2. The standard InChI is InChI=1S/C13H25N3O2S/c1-10(2)14-8-12(17)15-11-4-6-16(7-5-11)13(18)9-19-3/h10-11,14H,4-9H2,1-3H3,(H,15,17). The third-order valence-electron chi connectivity index (χ3n) is 3.15. The van der Waals surface area contributed by atoms with Gasteiger partial charge in [-0.05, 0) is 19.1 Å². The highest BCUT2D eigenvalue weighted by Gasteiger charge is 2.23. The predicted molar refractivity (Wildman–Crippen MR) is 79.3 cm³/mol. The number of nitrogens with one attached hydrogen (secondary N) is 2. The molecule has 0 aromatic heterocycles. The molecule has 5 nitrogen and oxygen atoms in total. The second kappa shape index (κ2) is 8.43. The molecule has 1 rings (SSSR count). The van der Waals surface area contributed by atoms with Crippen molar-refractivity contribution in [1.82, 2.24) is 15.5 Å². The van der Waals surface area contributed by atoms with Crippen LogP contribution >= 0.6 is 11.8 Å². The molecule has 1 fully saturated rings. The Morgan fingerprint density at radius 1 is 1.32 bits per heavy atom. The van der Waals surface area contributed by atoms with Gasteiger partial charge in [-0.25, -0.2) is 0 Å². The topological polar surface area (TPSA) is 61.4 Å². The van der Waals surface area contributed by atoms with Crippen molar-refractivity contribution in [3.63, 3.8) is 0 Å². The second-order valence-electron chi connectivity index (χ2n) is 5.19. The Morgan fingerprint density at radius 3 is 2.47 bits per heavy atom. The first-order valence-electron chi connectivity index (χ1n) is 6.82. The molecule has 0 saturated carbocycles. The third-order valence-corrected chi connectivity index (χ3v) is 3.69. The molecule has 0 bridgehead atoms. The van der Waals surface area contributed by atoms with Crippen LogP contribution in [0.25, 0.3) is 0 Å². The fraction of sp³-hybridized carbons (Fsp3) is 0.846. The minimum atomic E-state index is 0.0441. The Labute approximate surface area is 119 Å². The van der Waals surface area contributed by atoms with Gasteiger partial charge in [0.1, 0.15) is 0 Å². The van der Waals surface area contributed by atoms with Crippen LogP contribution in [0.1, 0.15) is 26.7 Å². The zero-order chi connectivity index (χ0) is 14.3. The lowest BCUT2D eigenvalue weighted by Gasteiger charge is -2.32. The molecule has 1 heterocycles. The monoisotopic (exact) mass is 287 g/mol. The molecule has 1 aliphatic rings. The molecule has 19 heavy (non-hydrogen) atoms. The highest BCUT2D eigenvalue weighted by molar-refractivity contribution is 7.99. The van der Waals surface area contributed by atoms with Gasteiger partial charge >= 0.3 is 0 Å². The summed E-state index contributed by atoms with van der Waals surface area (Å²) in [6.07, 6.45) is 3.65. The Balaban J connectivity index is 2.22. The first-order valence-corrected chi connectivity index (χ1v) is 8.21. The molecule has 2 amide bonds. The normalized spacial score (nSPS) is 16.7. The van der Waals surface area contributed by atoms with E-state index in [1.165, 1.54) is 0 Å². The Bertz CT molecular complexity index is 302. The van der Waals surface area contributed by atoms with Crippen LogP contribution in [0.2, 0.25) is 0 Å². The molecule has 110 valence electrons. The Morgan fingerprint density at radius 2 is 1.95 bits per heavy atom. The van der Waals surface area contributed by atoms with Crippen LogP contribution < -0.4 is 10.6 Å². The fourth-order valence-electron chi connectivity index (χ4n) is 2.06. The molecule has 1 saturated heterocycles. The highest BCUT2D eigenvalue weighted by Crippen LogP contribution is 2.11. The van der Waals surface area contributed by atoms with Gasteiger partial charge in [0.05, 0.1) is 12.3 Å². The van der Waals surface area contributed by atoms with Gasteiger partial charge in [0, 0.05) is 25.2 Å². The smallest absolute Gasteiger partial charge is 0.234 e. The van der Waals surface area contributed by atoms with E-state index in [-0.39, 0.29) is 17.9 Å². The van der Waals surface area contributed by atoms with Crippen molar-refractivity contribution in [1.29, 1.82) is 0 Å². The summed E-state index contributed by atoms with van der Waals surface area (Å²) in [5.74, 6) is 0.802. The number of likely N-dealkylation sites (tertiary alicyclic amines) is 1. The van der Waals surface area contributed by atoms with Gasteiger partial charge in [-0.15, -0.1) is 0 Å². The van der Waals surface area contributed by atoms with Gasteiger partial charge in [-0.3, -0.25) is 9.59 Å². The number of amides is 2. The van der Waals surface area contributed by atoms with Gasteiger partial charge in [0.25, 0.3) is 0 Å². The van der Waals surface area contributed by atoms with E-state index in [9.17, 15) is 9.59 Å². The highest BCUT2D eigenvalue weighted by atomic mass is 32.2. The quantitative estimate of drug-likeness (QED) is 0.745. The number of carbonyl (C=O) groups excluding carboxylic acids is 2. The van der Waals surface area contributed by atoms with E-state index >= 15 is 0 Å². The lowest BCUT2D eigenvalue weighted by Crippen LogP contribution is -2.49.